The molecular weight excluding hydrogens is 158 g/mol. The molecule has 0 saturated carbocycles. The molecule has 0 saturated heterocycles. The van der Waals surface area contributed by atoms with Crippen LogP contribution < -0.4 is 5.32 Å². The Morgan fingerprint density at radius 2 is 2.15 bits per heavy atom. The van der Waals surface area contributed by atoms with Gasteiger partial charge in [0, 0.05) is 11.4 Å². The summed E-state index contributed by atoms with van der Waals surface area (Å²) in [6.07, 6.45) is 6.14. The molecule has 1 aliphatic carbocycles. The average Bonchev–Trinajstić information content (AvgIpc) is 2.56. The van der Waals surface area contributed by atoms with Crippen molar-refractivity contribution in [2.45, 2.75) is 5.92 Å². The Morgan fingerprint density at radius 3 is 3.15 bits per heavy atom. The van der Waals surface area contributed by atoms with Crippen molar-refractivity contribution in [3.63, 3.8) is 0 Å². The number of benzene rings is 1. The first kappa shape index (κ1) is 6.76. The quantitative estimate of drug-likeness (QED) is 0.586. The first-order chi connectivity index (χ1) is 6.45. The van der Waals surface area contributed by atoms with Gasteiger partial charge >= 0.3 is 0 Å². The fraction of sp³-hybridized carbons (Fsp3) is 0.0833. The van der Waals surface area contributed by atoms with Gasteiger partial charge in [0.15, 0.2) is 0 Å². The molecule has 1 heterocycles. The smallest absolute Gasteiger partial charge is 0.0516 e. The summed E-state index contributed by atoms with van der Waals surface area (Å²) < 4.78 is 0. The minimum atomic E-state index is 0.404. The van der Waals surface area contributed by atoms with E-state index in [1.165, 1.54) is 16.9 Å². The van der Waals surface area contributed by atoms with Gasteiger partial charge in [0.2, 0.25) is 0 Å². The van der Waals surface area contributed by atoms with Crippen molar-refractivity contribution in [2.75, 3.05) is 5.32 Å². The van der Waals surface area contributed by atoms with Crippen molar-refractivity contribution in [3.05, 3.63) is 59.5 Å². The fourth-order valence-corrected chi connectivity index (χ4v) is 1.90. The maximum absolute atomic E-state index is 3.40. The summed E-state index contributed by atoms with van der Waals surface area (Å²) in [6, 6.07) is 8.41. The van der Waals surface area contributed by atoms with Crippen LogP contribution in [0.5, 0.6) is 0 Å². The maximum Gasteiger partial charge on any atom is 0.0516 e. The molecule has 1 nitrogen and oxygen atoms in total. The molecule has 0 amide bonds. The Balaban J connectivity index is 2.22. The number of hydrogen-bond donors (Lipinski definition) is 1. The van der Waals surface area contributed by atoms with Gasteiger partial charge in [-0.1, -0.05) is 18.2 Å². The number of allylic oxidation sites excluding steroid dienone is 2. The van der Waals surface area contributed by atoms with E-state index >= 15 is 0 Å². The van der Waals surface area contributed by atoms with Crippen LogP contribution in [-0.2, 0) is 0 Å². The lowest BCUT2D eigenvalue weighted by Crippen LogP contribution is -1.97. The number of fused-ring (bicyclic) bond motifs is 3. The Labute approximate surface area is 77.1 Å². The van der Waals surface area contributed by atoms with Crippen LogP contribution in [0.2, 0.25) is 0 Å². The van der Waals surface area contributed by atoms with Crippen LogP contribution in [0.1, 0.15) is 11.5 Å². The van der Waals surface area contributed by atoms with Gasteiger partial charge in [-0.3, -0.25) is 0 Å². The summed E-state index contributed by atoms with van der Waals surface area (Å²) in [4.78, 5) is 0. The molecule has 0 radical (unpaired) electrons. The predicted molar refractivity (Wildman–Crippen MR) is 53.5 cm³/mol. The van der Waals surface area contributed by atoms with Gasteiger partial charge in [0.05, 0.1) is 5.92 Å². The average molecular weight is 167 g/mol. The summed E-state index contributed by atoms with van der Waals surface area (Å²) in [7, 11) is 0. The molecular formula is C12H9N. The minimum absolute atomic E-state index is 0.404. The highest BCUT2D eigenvalue weighted by Gasteiger charge is 2.24. The molecule has 1 aliphatic heterocycles. The van der Waals surface area contributed by atoms with E-state index < -0.39 is 0 Å². The normalized spacial score (nSPS) is 21.8. The fourth-order valence-electron chi connectivity index (χ4n) is 1.90. The molecule has 13 heavy (non-hydrogen) atoms. The standard InChI is InChI=1S/C12H9N/c1-3-7-11-9(5-1)10-6-2-4-8-12(10)13-11/h1,3-8,10,13H. The van der Waals surface area contributed by atoms with Crippen LogP contribution in [0.3, 0.4) is 0 Å². The van der Waals surface area contributed by atoms with Crippen molar-refractivity contribution < 1.29 is 0 Å². The number of nitrogens with one attached hydrogen (secondary N) is 1. The molecule has 1 heteroatoms. The molecule has 0 fully saturated rings. The molecule has 1 aromatic carbocycles. The van der Waals surface area contributed by atoms with Crippen LogP contribution in [0, 0.1) is 0 Å². The molecule has 2 aliphatic rings. The first-order valence-electron chi connectivity index (χ1n) is 4.44. The van der Waals surface area contributed by atoms with E-state index in [2.05, 4.69) is 47.5 Å². The van der Waals surface area contributed by atoms with E-state index in [9.17, 15) is 0 Å². The lowest BCUT2D eigenvalue weighted by molar-refractivity contribution is 1.05. The van der Waals surface area contributed by atoms with E-state index in [0.29, 0.717) is 5.92 Å². The van der Waals surface area contributed by atoms with E-state index in [4.69, 9.17) is 0 Å². The van der Waals surface area contributed by atoms with Gasteiger partial charge in [-0.15, -0.1) is 5.73 Å². The number of hydrogen-bond acceptors (Lipinski definition) is 1. The van der Waals surface area contributed by atoms with Gasteiger partial charge in [-0.05, 0) is 29.9 Å². The lowest BCUT2D eigenvalue weighted by Gasteiger charge is -2.06. The summed E-state index contributed by atoms with van der Waals surface area (Å²) in [5.74, 6) is 0.404. The second-order valence-corrected chi connectivity index (χ2v) is 3.31. The summed E-state index contributed by atoms with van der Waals surface area (Å²) >= 11 is 0. The molecule has 1 N–H and O–H groups in total. The topological polar surface area (TPSA) is 12.0 Å². The van der Waals surface area contributed by atoms with Crippen LogP contribution in [-0.4, -0.2) is 0 Å². The second kappa shape index (κ2) is 2.38. The highest BCUT2D eigenvalue weighted by molar-refractivity contribution is 5.67. The molecule has 0 bridgehead atoms. The second-order valence-electron chi connectivity index (χ2n) is 3.31. The summed E-state index contributed by atoms with van der Waals surface area (Å²) in [6.45, 7) is 0. The zero-order valence-electron chi connectivity index (χ0n) is 7.12. The van der Waals surface area contributed by atoms with E-state index in [-0.39, 0.29) is 0 Å². The van der Waals surface area contributed by atoms with Crippen molar-refractivity contribution in [2.24, 2.45) is 0 Å². The third kappa shape index (κ3) is 0.881. The Kier molecular flexibility index (Phi) is 1.24. The third-order valence-corrected chi connectivity index (χ3v) is 2.53. The Morgan fingerprint density at radius 1 is 1.23 bits per heavy atom. The van der Waals surface area contributed by atoms with Gasteiger partial charge in [-0.25, -0.2) is 0 Å². The van der Waals surface area contributed by atoms with Crippen LogP contribution in [0.4, 0.5) is 5.69 Å². The number of rotatable bonds is 0. The molecule has 62 valence electrons. The van der Waals surface area contributed by atoms with Gasteiger partial charge in [0.1, 0.15) is 0 Å². The highest BCUT2D eigenvalue weighted by Crippen LogP contribution is 2.39. The lowest BCUT2D eigenvalue weighted by atomic mass is 9.97. The molecule has 1 atom stereocenters. The Hall–Kier alpha value is -1.72. The number of para-hydroxylation sites is 1. The SMILES string of the molecule is C1=CC=C2Nc3ccccc3C2C=1. The Bertz CT molecular complexity index is 448. The molecule has 1 aromatic rings. The monoisotopic (exact) mass is 167 g/mol. The van der Waals surface area contributed by atoms with Crippen molar-refractivity contribution in [3.8, 4) is 0 Å². The zero-order valence-corrected chi connectivity index (χ0v) is 7.12. The highest BCUT2D eigenvalue weighted by atomic mass is 14.9. The first-order valence-corrected chi connectivity index (χ1v) is 4.44. The van der Waals surface area contributed by atoms with Crippen LogP contribution in [0.15, 0.2) is 53.9 Å². The predicted octanol–water partition coefficient (Wildman–Crippen LogP) is 2.80. The van der Waals surface area contributed by atoms with E-state index in [1.54, 1.807) is 0 Å². The van der Waals surface area contributed by atoms with Gasteiger partial charge in [-0.2, -0.15) is 0 Å². The maximum atomic E-state index is 3.40. The van der Waals surface area contributed by atoms with E-state index in [1.807, 2.05) is 6.08 Å². The van der Waals surface area contributed by atoms with Crippen molar-refractivity contribution in [1.82, 2.24) is 0 Å². The molecule has 1 unspecified atom stereocenters. The van der Waals surface area contributed by atoms with Gasteiger partial charge in [0.25, 0.3) is 0 Å². The van der Waals surface area contributed by atoms with E-state index in [0.717, 1.165) is 0 Å². The largest absolute Gasteiger partial charge is 0.358 e. The van der Waals surface area contributed by atoms with Crippen LogP contribution >= 0.6 is 0 Å². The van der Waals surface area contributed by atoms with Crippen molar-refractivity contribution in [1.29, 1.82) is 0 Å². The summed E-state index contributed by atoms with van der Waals surface area (Å²) in [5.41, 5.74) is 6.98. The zero-order chi connectivity index (χ0) is 8.67. The summed E-state index contributed by atoms with van der Waals surface area (Å²) in [5, 5.41) is 3.40. The minimum Gasteiger partial charge on any atom is -0.358 e. The third-order valence-electron chi connectivity index (χ3n) is 2.53. The molecule has 3 rings (SSSR count). The molecule has 0 spiro atoms. The van der Waals surface area contributed by atoms with Crippen LogP contribution in [0.25, 0.3) is 0 Å². The van der Waals surface area contributed by atoms with Gasteiger partial charge < -0.3 is 5.32 Å². The van der Waals surface area contributed by atoms with Crippen molar-refractivity contribution >= 4 is 5.69 Å². The number of anilines is 1. The molecule has 0 aromatic heterocycles.